The number of alkyl halides is 3. The number of hydrazone groups is 1. The average molecular weight is 364 g/mol. The molecule has 3 N–H and O–H groups in total. The lowest BCUT2D eigenvalue weighted by atomic mass is 10.2. The van der Waals surface area contributed by atoms with Gasteiger partial charge in [-0.25, -0.2) is 4.98 Å². The highest BCUT2D eigenvalue weighted by molar-refractivity contribution is 7.21. The monoisotopic (exact) mass is 364 g/mol. The molecule has 0 unspecified atom stereocenters. The van der Waals surface area contributed by atoms with E-state index in [1.54, 1.807) is 12.1 Å². The van der Waals surface area contributed by atoms with Crippen LogP contribution in [0.1, 0.15) is 10.6 Å². The molecule has 0 saturated carbocycles. The van der Waals surface area contributed by atoms with Crippen LogP contribution in [0.2, 0.25) is 0 Å². The maximum atomic E-state index is 12.7. The molecule has 1 amide bonds. The molecule has 2 aromatic carbocycles. The van der Waals surface area contributed by atoms with Crippen LogP contribution in [0, 0.1) is 0 Å². The molecule has 0 spiro atoms. The summed E-state index contributed by atoms with van der Waals surface area (Å²) >= 11 is 1.21. The summed E-state index contributed by atoms with van der Waals surface area (Å²) in [7, 11) is 0. The molecule has 3 rings (SSSR count). The first-order valence-electron chi connectivity index (χ1n) is 7.01. The highest BCUT2D eigenvalue weighted by Crippen LogP contribution is 2.30. The second-order valence-electron chi connectivity index (χ2n) is 5.00. The van der Waals surface area contributed by atoms with Crippen LogP contribution in [0.15, 0.2) is 53.6 Å². The van der Waals surface area contributed by atoms with Gasteiger partial charge in [0.05, 0.1) is 21.5 Å². The Hall–Kier alpha value is -2.94. The topological polar surface area (TPSA) is 80.4 Å². The molecular formula is C16H11F3N4OS. The number of fused-ring (bicyclic) bond motifs is 1. The number of thiazole rings is 1. The number of hydrogen-bond acceptors (Lipinski definition) is 5. The van der Waals surface area contributed by atoms with Crippen molar-refractivity contribution in [3.8, 4) is 0 Å². The fourth-order valence-corrected chi connectivity index (χ4v) is 3.03. The van der Waals surface area contributed by atoms with Gasteiger partial charge in [-0.1, -0.05) is 18.2 Å². The number of para-hydroxylation sites is 1. The Kier molecular flexibility index (Phi) is 4.41. The van der Waals surface area contributed by atoms with Gasteiger partial charge in [-0.15, -0.1) is 11.3 Å². The highest BCUT2D eigenvalue weighted by Gasteiger charge is 2.30. The molecule has 3 aromatic rings. The first-order chi connectivity index (χ1) is 11.8. The molecule has 1 heterocycles. The fraction of sp³-hybridized carbons (Fsp3) is 0.0625. The Morgan fingerprint density at radius 2 is 1.92 bits per heavy atom. The number of rotatable bonds is 4. The summed E-state index contributed by atoms with van der Waals surface area (Å²) in [6.07, 6.45) is -4.47. The SMILES string of the molecule is NC(=O)/C(=N\Nc1cccc(C(F)(F)F)c1)c1nc2ccccc2s1. The van der Waals surface area contributed by atoms with Crippen LogP contribution in [0.3, 0.4) is 0 Å². The average Bonchev–Trinajstić information content (AvgIpc) is 2.97. The van der Waals surface area contributed by atoms with Crippen LogP contribution in [-0.2, 0) is 11.0 Å². The van der Waals surface area contributed by atoms with E-state index in [1.807, 2.05) is 12.1 Å². The number of primary amides is 1. The van der Waals surface area contributed by atoms with Crippen molar-refractivity contribution >= 4 is 38.9 Å². The highest BCUT2D eigenvalue weighted by atomic mass is 32.1. The summed E-state index contributed by atoms with van der Waals surface area (Å²) in [6, 6.07) is 11.7. The lowest BCUT2D eigenvalue weighted by Crippen LogP contribution is -2.25. The number of hydrogen-bond donors (Lipinski definition) is 2. The zero-order chi connectivity index (χ0) is 18.0. The van der Waals surface area contributed by atoms with Gasteiger partial charge in [0.2, 0.25) is 0 Å². The number of benzene rings is 2. The van der Waals surface area contributed by atoms with Crippen LogP contribution in [0.4, 0.5) is 18.9 Å². The molecular weight excluding hydrogens is 353 g/mol. The zero-order valence-corrected chi connectivity index (χ0v) is 13.4. The minimum atomic E-state index is -4.47. The molecule has 0 aliphatic carbocycles. The molecule has 25 heavy (non-hydrogen) atoms. The van der Waals surface area contributed by atoms with Gasteiger partial charge in [0, 0.05) is 0 Å². The van der Waals surface area contributed by atoms with Crippen molar-refractivity contribution in [3.05, 3.63) is 59.1 Å². The van der Waals surface area contributed by atoms with E-state index in [1.165, 1.54) is 23.5 Å². The summed E-state index contributed by atoms with van der Waals surface area (Å²) < 4.78 is 39.0. The van der Waals surface area contributed by atoms with Gasteiger partial charge < -0.3 is 5.73 Å². The number of nitrogens with two attached hydrogens (primary N) is 1. The minimum Gasteiger partial charge on any atom is -0.364 e. The lowest BCUT2D eigenvalue weighted by molar-refractivity contribution is -0.137. The second-order valence-corrected chi connectivity index (χ2v) is 6.03. The predicted octanol–water partition coefficient (Wildman–Crippen LogP) is 3.62. The van der Waals surface area contributed by atoms with Gasteiger partial charge in [-0.2, -0.15) is 18.3 Å². The zero-order valence-electron chi connectivity index (χ0n) is 12.5. The van der Waals surface area contributed by atoms with Gasteiger partial charge >= 0.3 is 6.18 Å². The van der Waals surface area contributed by atoms with E-state index in [-0.39, 0.29) is 16.4 Å². The standard InChI is InChI=1S/C16H11F3N4OS/c17-16(18,19)9-4-3-5-10(8-9)22-23-13(14(20)24)15-21-11-6-1-2-7-12(11)25-15/h1-8,22H,(H2,20,24)/b23-13+. The van der Waals surface area contributed by atoms with E-state index in [4.69, 9.17) is 5.73 Å². The lowest BCUT2D eigenvalue weighted by Gasteiger charge is -2.08. The van der Waals surface area contributed by atoms with Gasteiger partial charge in [-0.05, 0) is 30.3 Å². The van der Waals surface area contributed by atoms with E-state index in [0.717, 1.165) is 16.8 Å². The van der Waals surface area contributed by atoms with Crippen molar-refractivity contribution in [2.75, 3.05) is 5.43 Å². The van der Waals surface area contributed by atoms with Crippen molar-refractivity contribution in [1.82, 2.24) is 4.98 Å². The maximum Gasteiger partial charge on any atom is 0.416 e. The molecule has 5 nitrogen and oxygen atoms in total. The molecule has 0 radical (unpaired) electrons. The van der Waals surface area contributed by atoms with E-state index < -0.39 is 17.6 Å². The molecule has 0 aliphatic rings. The number of halogens is 3. The van der Waals surface area contributed by atoms with Gasteiger partial charge in [-0.3, -0.25) is 10.2 Å². The summed E-state index contributed by atoms with van der Waals surface area (Å²) in [4.78, 5) is 15.9. The number of nitrogens with one attached hydrogen (secondary N) is 1. The fourth-order valence-electron chi connectivity index (χ4n) is 2.07. The number of anilines is 1. The Balaban J connectivity index is 1.92. The second kappa shape index (κ2) is 6.52. The Morgan fingerprint density at radius 3 is 2.60 bits per heavy atom. The third-order valence-corrected chi connectivity index (χ3v) is 4.26. The van der Waals surface area contributed by atoms with E-state index in [9.17, 15) is 18.0 Å². The van der Waals surface area contributed by atoms with Crippen molar-refractivity contribution in [1.29, 1.82) is 0 Å². The van der Waals surface area contributed by atoms with Crippen molar-refractivity contribution in [2.45, 2.75) is 6.18 Å². The number of carbonyl (C=O) groups is 1. The van der Waals surface area contributed by atoms with Crippen LogP contribution in [0.5, 0.6) is 0 Å². The van der Waals surface area contributed by atoms with E-state index >= 15 is 0 Å². The predicted molar refractivity (Wildman–Crippen MR) is 90.4 cm³/mol. The molecule has 1 aromatic heterocycles. The normalized spacial score (nSPS) is 12.4. The maximum absolute atomic E-state index is 12.7. The van der Waals surface area contributed by atoms with Gasteiger partial charge in [0.25, 0.3) is 5.91 Å². The van der Waals surface area contributed by atoms with E-state index in [0.29, 0.717) is 5.52 Å². The van der Waals surface area contributed by atoms with Crippen LogP contribution >= 0.6 is 11.3 Å². The molecule has 0 fully saturated rings. The minimum absolute atomic E-state index is 0.0784. The molecule has 128 valence electrons. The quantitative estimate of drug-likeness (QED) is 0.548. The first-order valence-corrected chi connectivity index (χ1v) is 7.83. The van der Waals surface area contributed by atoms with Crippen LogP contribution < -0.4 is 11.2 Å². The molecule has 0 atom stereocenters. The van der Waals surface area contributed by atoms with E-state index in [2.05, 4.69) is 15.5 Å². The molecule has 9 heteroatoms. The molecule has 0 bridgehead atoms. The first kappa shape index (κ1) is 16.9. The van der Waals surface area contributed by atoms with Crippen molar-refractivity contribution < 1.29 is 18.0 Å². The molecule has 0 aliphatic heterocycles. The van der Waals surface area contributed by atoms with Crippen molar-refractivity contribution in [3.63, 3.8) is 0 Å². The third kappa shape index (κ3) is 3.77. The summed E-state index contributed by atoms with van der Waals surface area (Å²) in [6.45, 7) is 0. The number of amides is 1. The summed E-state index contributed by atoms with van der Waals surface area (Å²) in [5, 5.41) is 4.14. The Morgan fingerprint density at radius 1 is 1.16 bits per heavy atom. The summed E-state index contributed by atoms with van der Waals surface area (Å²) in [5.74, 6) is -0.835. The Bertz CT molecular complexity index is 932. The van der Waals surface area contributed by atoms with Gasteiger partial charge in [0.15, 0.2) is 10.7 Å². The smallest absolute Gasteiger partial charge is 0.364 e. The van der Waals surface area contributed by atoms with Gasteiger partial charge in [0.1, 0.15) is 0 Å². The largest absolute Gasteiger partial charge is 0.416 e. The third-order valence-electron chi connectivity index (χ3n) is 3.22. The molecule has 0 saturated heterocycles. The van der Waals surface area contributed by atoms with Crippen molar-refractivity contribution in [2.24, 2.45) is 10.8 Å². The number of nitrogens with zero attached hydrogens (tertiary/aromatic N) is 2. The number of aromatic nitrogens is 1. The van der Waals surface area contributed by atoms with Crippen LogP contribution in [0.25, 0.3) is 10.2 Å². The van der Waals surface area contributed by atoms with Crippen LogP contribution in [-0.4, -0.2) is 16.6 Å². The Labute approximate surface area is 144 Å². The number of carbonyl (C=O) groups excluding carboxylic acids is 1. The summed E-state index contributed by atoms with van der Waals surface area (Å²) in [5.41, 5.74) is 7.54.